The van der Waals surface area contributed by atoms with E-state index in [1.807, 2.05) is 42.5 Å². The third kappa shape index (κ3) is 3.44. The molecule has 0 aliphatic carbocycles. The molecule has 0 aliphatic heterocycles. The minimum absolute atomic E-state index is 0.223. The van der Waals surface area contributed by atoms with Crippen LogP contribution in [0.1, 0.15) is 18.6 Å². The molecule has 0 fully saturated rings. The van der Waals surface area contributed by atoms with Crippen LogP contribution < -0.4 is 0 Å². The number of rotatable bonds is 5. The van der Waals surface area contributed by atoms with Crippen molar-refractivity contribution < 1.29 is 13.5 Å². The van der Waals surface area contributed by atoms with Crippen LogP contribution in [0, 0.1) is 0 Å². The Labute approximate surface area is 148 Å². The van der Waals surface area contributed by atoms with Crippen LogP contribution in [0.25, 0.3) is 10.8 Å². The predicted molar refractivity (Wildman–Crippen MR) is 99.8 cm³/mol. The predicted octanol–water partition coefficient (Wildman–Crippen LogP) is 3.58. The molecule has 2 atom stereocenters. The largest absolute Gasteiger partial charge is 0.387 e. The summed E-state index contributed by atoms with van der Waals surface area (Å²) in [5, 5.41) is 12.4. The van der Waals surface area contributed by atoms with Gasteiger partial charge in [0.1, 0.15) is 0 Å². The molecule has 5 heteroatoms. The van der Waals surface area contributed by atoms with Gasteiger partial charge in [-0.1, -0.05) is 60.7 Å². The minimum atomic E-state index is -3.71. The Bertz CT molecular complexity index is 970. The normalized spacial score (nSPS) is 14.6. The van der Waals surface area contributed by atoms with Crippen LogP contribution in [0.4, 0.5) is 0 Å². The third-order valence-corrected chi connectivity index (χ3v) is 6.51. The van der Waals surface area contributed by atoms with Gasteiger partial charge in [-0.25, -0.2) is 8.42 Å². The Morgan fingerprint density at radius 3 is 2.16 bits per heavy atom. The highest BCUT2D eigenvalue weighted by atomic mass is 32.2. The van der Waals surface area contributed by atoms with Gasteiger partial charge < -0.3 is 5.11 Å². The lowest BCUT2D eigenvalue weighted by Gasteiger charge is -2.28. The van der Waals surface area contributed by atoms with Crippen molar-refractivity contribution in [1.82, 2.24) is 4.31 Å². The average Bonchev–Trinajstić information content (AvgIpc) is 2.66. The van der Waals surface area contributed by atoms with Crippen LogP contribution in [0.3, 0.4) is 0 Å². The zero-order valence-electron chi connectivity index (χ0n) is 14.2. The van der Waals surface area contributed by atoms with E-state index in [0.717, 1.165) is 10.8 Å². The first kappa shape index (κ1) is 17.6. The first-order chi connectivity index (χ1) is 11.9. The molecule has 3 aromatic carbocycles. The summed E-state index contributed by atoms with van der Waals surface area (Å²) >= 11 is 0. The van der Waals surface area contributed by atoms with E-state index in [1.165, 1.54) is 11.4 Å². The van der Waals surface area contributed by atoms with Crippen LogP contribution >= 0.6 is 0 Å². The maximum atomic E-state index is 13.0. The minimum Gasteiger partial charge on any atom is -0.387 e. The Hall–Kier alpha value is -2.21. The average molecular weight is 355 g/mol. The van der Waals surface area contributed by atoms with Crippen LogP contribution in [-0.4, -0.2) is 30.9 Å². The van der Waals surface area contributed by atoms with E-state index in [0.29, 0.717) is 5.56 Å². The molecule has 3 rings (SSSR count). The van der Waals surface area contributed by atoms with Crippen molar-refractivity contribution in [3.63, 3.8) is 0 Å². The second-order valence-electron chi connectivity index (χ2n) is 6.13. The van der Waals surface area contributed by atoms with Gasteiger partial charge in [0.15, 0.2) is 0 Å². The summed E-state index contributed by atoms with van der Waals surface area (Å²) in [5.41, 5.74) is 0.690. The molecule has 130 valence electrons. The molecular weight excluding hydrogens is 334 g/mol. The Balaban J connectivity index is 1.92. The van der Waals surface area contributed by atoms with Gasteiger partial charge in [-0.05, 0) is 35.4 Å². The Kier molecular flexibility index (Phi) is 4.90. The molecular formula is C20H21NO3S. The van der Waals surface area contributed by atoms with Gasteiger partial charge in [0, 0.05) is 7.05 Å². The third-order valence-electron chi connectivity index (χ3n) is 4.57. The molecule has 25 heavy (non-hydrogen) atoms. The van der Waals surface area contributed by atoms with E-state index >= 15 is 0 Å². The van der Waals surface area contributed by atoms with Crippen molar-refractivity contribution in [2.75, 3.05) is 7.05 Å². The number of hydrogen-bond acceptors (Lipinski definition) is 3. The molecule has 0 aromatic heterocycles. The highest BCUT2D eigenvalue weighted by Gasteiger charge is 2.30. The molecule has 0 unspecified atom stereocenters. The lowest BCUT2D eigenvalue weighted by molar-refractivity contribution is 0.108. The first-order valence-electron chi connectivity index (χ1n) is 8.11. The van der Waals surface area contributed by atoms with Crippen molar-refractivity contribution in [2.45, 2.75) is 24.0 Å². The summed E-state index contributed by atoms with van der Waals surface area (Å²) in [6.45, 7) is 1.70. The zero-order chi connectivity index (χ0) is 18.0. The number of hydrogen-bond donors (Lipinski definition) is 1. The fourth-order valence-electron chi connectivity index (χ4n) is 2.84. The van der Waals surface area contributed by atoms with Gasteiger partial charge in [-0.15, -0.1) is 0 Å². The van der Waals surface area contributed by atoms with E-state index in [9.17, 15) is 13.5 Å². The number of aliphatic hydroxyl groups excluding tert-OH is 1. The highest BCUT2D eigenvalue weighted by Crippen LogP contribution is 2.26. The second kappa shape index (κ2) is 6.96. The molecule has 0 radical (unpaired) electrons. The lowest BCUT2D eigenvalue weighted by Crippen LogP contribution is -2.39. The summed E-state index contributed by atoms with van der Waals surface area (Å²) in [6, 6.07) is 21.2. The van der Waals surface area contributed by atoms with Crippen LogP contribution in [0.15, 0.2) is 77.7 Å². The molecule has 3 aromatic rings. The number of nitrogens with zero attached hydrogens (tertiary/aromatic N) is 1. The van der Waals surface area contributed by atoms with E-state index in [4.69, 9.17) is 0 Å². The van der Waals surface area contributed by atoms with E-state index in [1.54, 1.807) is 37.3 Å². The van der Waals surface area contributed by atoms with Gasteiger partial charge in [0.2, 0.25) is 10.0 Å². The maximum Gasteiger partial charge on any atom is 0.243 e. The summed E-state index contributed by atoms with van der Waals surface area (Å²) in [7, 11) is -2.21. The molecule has 0 saturated carbocycles. The van der Waals surface area contributed by atoms with Gasteiger partial charge in [0.05, 0.1) is 17.0 Å². The standard InChI is InChI=1S/C20H21NO3S/c1-15(20(22)17-9-4-3-5-10-17)21(2)25(23,24)19-13-12-16-8-6-7-11-18(16)14-19/h3-15,20,22H,1-2H3/t15-,20+/m1/s1. The van der Waals surface area contributed by atoms with Crippen molar-refractivity contribution in [1.29, 1.82) is 0 Å². The molecule has 1 N–H and O–H groups in total. The molecule has 0 heterocycles. The summed E-state index contributed by atoms with van der Waals surface area (Å²) in [6.07, 6.45) is -0.901. The van der Waals surface area contributed by atoms with Gasteiger partial charge in [-0.2, -0.15) is 4.31 Å². The van der Waals surface area contributed by atoms with Crippen molar-refractivity contribution >= 4 is 20.8 Å². The van der Waals surface area contributed by atoms with Crippen molar-refractivity contribution in [3.05, 3.63) is 78.4 Å². The molecule has 0 spiro atoms. The smallest absolute Gasteiger partial charge is 0.243 e. The summed E-state index contributed by atoms with van der Waals surface area (Å²) in [4.78, 5) is 0.223. The first-order valence-corrected chi connectivity index (χ1v) is 9.55. The van der Waals surface area contributed by atoms with Gasteiger partial charge in [-0.3, -0.25) is 0 Å². The van der Waals surface area contributed by atoms with Crippen LogP contribution in [0.5, 0.6) is 0 Å². The quantitative estimate of drug-likeness (QED) is 0.761. The summed E-state index contributed by atoms with van der Waals surface area (Å²) in [5.74, 6) is 0. The molecule has 0 aliphatic rings. The zero-order valence-corrected chi connectivity index (χ0v) is 15.0. The molecule has 0 bridgehead atoms. The highest BCUT2D eigenvalue weighted by molar-refractivity contribution is 7.89. The number of likely N-dealkylation sites (N-methyl/N-ethyl adjacent to an activating group) is 1. The van der Waals surface area contributed by atoms with Crippen molar-refractivity contribution in [2.24, 2.45) is 0 Å². The van der Waals surface area contributed by atoms with Crippen LogP contribution in [-0.2, 0) is 10.0 Å². The van der Waals surface area contributed by atoms with Gasteiger partial charge in [0.25, 0.3) is 0 Å². The SMILES string of the molecule is C[C@H]([C@H](O)c1ccccc1)N(C)S(=O)(=O)c1ccc2ccccc2c1. The lowest BCUT2D eigenvalue weighted by atomic mass is 10.0. The Morgan fingerprint density at radius 2 is 1.48 bits per heavy atom. The van der Waals surface area contributed by atoms with Crippen molar-refractivity contribution in [3.8, 4) is 0 Å². The maximum absolute atomic E-state index is 13.0. The van der Waals surface area contributed by atoms with E-state index in [2.05, 4.69) is 0 Å². The van der Waals surface area contributed by atoms with Gasteiger partial charge >= 0.3 is 0 Å². The summed E-state index contributed by atoms with van der Waals surface area (Å²) < 4.78 is 27.2. The molecule has 0 saturated heterocycles. The van der Waals surface area contributed by atoms with E-state index in [-0.39, 0.29) is 4.90 Å². The number of aliphatic hydroxyl groups is 1. The fraction of sp³-hybridized carbons (Fsp3) is 0.200. The topological polar surface area (TPSA) is 57.6 Å². The monoisotopic (exact) mass is 355 g/mol. The van der Waals surface area contributed by atoms with E-state index < -0.39 is 22.2 Å². The Morgan fingerprint density at radius 1 is 0.880 bits per heavy atom. The van der Waals surface area contributed by atoms with Crippen LogP contribution in [0.2, 0.25) is 0 Å². The molecule has 4 nitrogen and oxygen atoms in total. The number of sulfonamides is 1. The number of benzene rings is 3. The second-order valence-corrected chi connectivity index (χ2v) is 8.12. The number of fused-ring (bicyclic) bond motifs is 1. The molecule has 0 amide bonds. The fourth-order valence-corrected chi connectivity index (χ4v) is 4.24.